The number of nitrogen functional groups attached to an aromatic ring is 1. The van der Waals surface area contributed by atoms with Crippen LogP contribution < -0.4 is 5.73 Å². The highest BCUT2D eigenvalue weighted by molar-refractivity contribution is 7.89. The van der Waals surface area contributed by atoms with Crippen molar-refractivity contribution in [1.82, 2.24) is 4.31 Å². The third-order valence-electron chi connectivity index (χ3n) is 3.21. The largest absolute Gasteiger partial charge is 0.396 e. The molecule has 1 aromatic rings. The van der Waals surface area contributed by atoms with Crippen molar-refractivity contribution in [2.75, 3.05) is 18.9 Å². The summed E-state index contributed by atoms with van der Waals surface area (Å²) in [6.07, 6.45) is 1.35. The topological polar surface area (TPSA) is 83.6 Å². The van der Waals surface area contributed by atoms with Crippen LogP contribution >= 0.6 is 23.2 Å². The molecule has 5 nitrogen and oxygen atoms in total. The minimum atomic E-state index is -3.77. The number of nitrogens with zero attached hydrogens (tertiary/aromatic N) is 1. The van der Waals surface area contributed by atoms with Gasteiger partial charge >= 0.3 is 0 Å². The third kappa shape index (κ3) is 2.55. The Morgan fingerprint density at radius 2 is 2.11 bits per heavy atom. The highest BCUT2D eigenvalue weighted by Crippen LogP contribution is 2.36. The molecule has 0 radical (unpaired) electrons. The zero-order valence-corrected chi connectivity index (χ0v) is 12.3. The lowest BCUT2D eigenvalue weighted by Crippen LogP contribution is -2.37. The molecule has 3 N–H and O–H groups in total. The summed E-state index contributed by atoms with van der Waals surface area (Å²) in [5.41, 5.74) is 5.69. The van der Waals surface area contributed by atoms with Crippen molar-refractivity contribution in [3.05, 3.63) is 22.2 Å². The average molecular weight is 325 g/mol. The molecule has 1 aliphatic rings. The first-order chi connectivity index (χ1) is 8.89. The van der Waals surface area contributed by atoms with E-state index in [2.05, 4.69) is 0 Å². The van der Waals surface area contributed by atoms with Crippen LogP contribution in [-0.2, 0) is 10.0 Å². The van der Waals surface area contributed by atoms with Crippen LogP contribution in [0.15, 0.2) is 17.0 Å². The Bertz CT molecular complexity index is 592. The molecule has 0 spiro atoms. The summed E-state index contributed by atoms with van der Waals surface area (Å²) in [5, 5.41) is 9.37. The molecule has 0 aromatic heterocycles. The molecule has 106 valence electrons. The van der Waals surface area contributed by atoms with E-state index in [4.69, 9.17) is 28.9 Å². The van der Waals surface area contributed by atoms with Crippen molar-refractivity contribution in [3.8, 4) is 0 Å². The molecule has 1 atom stereocenters. The standard InChI is InChI=1S/C11H14Cl2N2O3S/c12-8-3-4-9(10(13)11(8)14)19(17,18)15-5-1-2-7(15)6-16/h3-4,7,16H,1-2,5-6,14H2/t7-/m0/s1. The second-order valence-electron chi connectivity index (χ2n) is 4.37. The molecule has 0 bridgehead atoms. The lowest BCUT2D eigenvalue weighted by atomic mass is 10.2. The van der Waals surface area contributed by atoms with Gasteiger partial charge in [0, 0.05) is 12.6 Å². The van der Waals surface area contributed by atoms with Crippen molar-refractivity contribution in [3.63, 3.8) is 0 Å². The second-order valence-corrected chi connectivity index (χ2v) is 7.01. The van der Waals surface area contributed by atoms with E-state index < -0.39 is 16.1 Å². The molecule has 0 unspecified atom stereocenters. The van der Waals surface area contributed by atoms with Crippen molar-refractivity contribution in [2.45, 2.75) is 23.8 Å². The third-order valence-corrected chi connectivity index (χ3v) is 6.05. The van der Waals surface area contributed by atoms with Gasteiger partial charge in [0.25, 0.3) is 0 Å². The zero-order chi connectivity index (χ0) is 14.2. The first kappa shape index (κ1) is 14.9. The van der Waals surface area contributed by atoms with Crippen LogP contribution in [0.5, 0.6) is 0 Å². The average Bonchev–Trinajstić information content (AvgIpc) is 2.84. The number of anilines is 1. The maximum absolute atomic E-state index is 12.5. The minimum Gasteiger partial charge on any atom is -0.396 e. The Morgan fingerprint density at radius 1 is 1.42 bits per heavy atom. The fourth-order valence-corrected chi connectivity index (χ4v) is 4.61. The Kier molecular flexibility index (Phi) is 4.27. The molecule has 19 heavy (non-hydrogen) atoms. The van der Waals surface area contributed by atoms with E-state index in [1.807, 2.05) is 0 Å². The van der Waals surface area contributed by atoms with Crippen LogP contribution in [0.4, 0.5) is 5.69 Å². The van der Waals surface area contributed by atoms with E-state index in [0.29, 0.717) is 19.4 Å². The summed E-state index contributed by atoms with van der Waals surface area (Å²) in [6, 6.07) is 2.33. The summed E-state index contributed by atoms with van der Waals surface area (Å²) in [4.78, 5) is -0.0728. The highest BCUT2D eigenvalue weighted by Gasteiger charge is 2.36. The smallest absolute Gasteiger partial charge is 0.244 e. The first-order valence-corrected chi connectivity index (χ1v) is 7.95. The van der Waals surface area contributed by atoms with Crippen molar-refractivity contribution >= 4 is 38.9 Å². The van der Waals surface area contributed by atoms with Crippen LogP contribution in [0.2, 0.25) is 10.0 Å². The van der Waals surface area contributed by atoms with Crippen LogP contribution in [-0.4, -0.2) is 37.0 Å². The molecule has 2 rings (SSSR count). The van der Waals surface area contributed by atoms with Crippen LogP contribution in [0, 0.1) is 0 Å². The molecule has 1 saturated heterocycles. The maximum Gasteiger partial charge on any atom is 0.244 e. The van der Waals surface area contributed by atoms with Crippen molar-refractivity contribution in [2.24, 2.45) is 0 Å². The number of aliphatic hydroxyl groups is 1. The van der Waals surface area contributed by atoms with Gasteiger partial charge in [-0.1, -0.05) is 23.2 Å². The van der Waals surface area contributed by atoms with Crippen LogP contribution in [0.1, 0.15) is 12.8 Å². The number of aliphatic hydroxyl groups excluding tert-OH is 1. The summed E-state index contributed by atoms with van der Waals surface area (Å²) in [7, 11) is -3.77. The number of hydrogen-bond acceptors (Lipinski definition) is 4. The maximum atomic E-state index is 12.5. The quantitative estimate of drug-likeness (QED) is 0.829. The van der Waals surface area contributed by atoms with Gasteiger partial charge in [-0.05, 0) is 25.0 Å². The predicted molar refractivity (Wildman–Crippen MR) is 74.9 cm³/mol. The molecular formula is C11H14Cl2N2O3S. The van der Waals surface area contributed by atoms with Gasteiger partial charge in [-0.3, -0.25) is 0 Å². The fraction of sp³-hybridized carbons (Fsp3) is 0.455. The van der Waals surface area contributed by atoms with E-state index in [1.54, 1.807) is 0 Å². The summed E-state index contributed by atoms with van der Waals surface area (Å²) in [5.74, 6) is 0. The molecular weight excluding hydrogens is 311 g/mol. The predicted octanol–water partition coefficient (Wildman–Crippen LogP) is 1.72. The monoisotopic (exact) mass is 324 g/mol. The van der Waals surface area contributed by atoms with E-state index in [9.17, 15) is 13.5 Å². The SMILES string of the molecule is Nc1c(Cl)ccc(S(=O)(=O)N2CCC[C@H]2CO)c1Cl. The number of rotatable bonds is 3. The number of nitrogens with two attached hydrogens (primary N) is 1. The molecule has 1 aromatic carbocycles. The summed E-state index contributed by atoms with van der Waals surface area (Å²) in [6.45, 7) is 0.159. The lowest BCUT2D eigenvalue weighted by Gasteiger charge is -2.23. The van der Waals surface area contributed by atoms with Gasteiger partial charge in [0.15, 0.2) is 0 Å². The van der Waals surface area contributed by atoms with E-state index in [1.165, 1.54) is 16.4 Å². The van der Waals surface area contributed by atoms with Gasteiger partial charge in [0.1, 0.15) is 4.90 Å². The summed E-state index contributed by atoms with van der Waals surface area (Å²) >= 11 is 11.8. The molecule has 0 aliphatic carbocycles. The Morgan fingerprint density at radius 3 is 2.74 bits per heavy atom. The number of sulfonamides is 1. The normalized spacial score (nSPS) is 20.9. The lowest BCUT2D eigenvalue weighted by molar-refractivity contribution is 0.213. The first-order valence-electron chi connectivity index (χ1n) is 5.75. The minimum absolute atomic E-state index is 0.0455. The van der Waals surface area contributed by atoms with Gasteiger partial charge in [-0.25, -0.2) is 8.42 Å². The van der Waals surface area contributed by atoms with Crippen molar-refractivity contribution < 1.29 is 13.5 Å². The number of hydrogen-bond donors (Lipinski definition) is 2. The van der Waals surface area contributed by atoms with Gasteiger partial charge < -0.3 is 10.8 Å². The fourth-order valence-electron chi connectivity index (χ4n) is 2.18. The Balaban J connectivity index is 2.48. The second kappa shape index (κ2) is 5.46. The molecule has 1 aliphatic heterocycles. The van der Waals surface area contributed by atoms with Crippen LogP contribution in [0.25, 0.3) is 0 Å². The van der Waals surface area contributed by atoms with E-state index in [-0.39, 0.29) is 27.2 Å². The highest BCUT2D eigenvalue weighted by atomic mass is 35.5. The zero-order valence-electron chi connectivity index (χ0n) is 10.0. The molecule has 1 heterocycles. The number of benzene rings is 1. The van der Waals surface area contributed by atoms with Crippen LogP contribution in [0.3, 0.4) is 0 Å². The molecule has 0 amide bonds. The Hall–Kier alpha value is -0.530. The Labute approximate surface area is 122 Å². The molecule has 0 saturated carbocycles. The van der Waals surface area contributed by atoms with E-state index >= 15 is 0 Å². The van der Waals surface area contributed by atoms with Gasteiger partial charge in [0.05, 0.1) is 22.3 Å². The van der Waals surface area contributed by atoms with Gasteiger partial charge in [-0.2, -0.15) is 4.31 Å². The number of halogens is 2. The van der Waals surface area contributed by atoms with Gasteiger partial charge in [0.2, 0.25) is 10.0 Å². The van der Waals surface area contributed by atoms with E-state index in [0.717, 1.165) is 0 Å². The van der Waals surface area contributed by atoms with Crippen molar-refractivity contribution in [1.29, 1.82) is 0 Å². The summed E-state index contributed by atoms with van der Waals surface area (Å²) < 4.78 is 26.3. The molecule has 1 fully saturated rings. The van der Waals surface area contributed by atoms with Gasteiger partial charge in [-0.15, -0.1) is 0 Å². The molecule has 8 heteroatoms.